The van der Waals surface area contributed by atoms with Crippen molar-refractivity contribution in [3.63, 3.8) is 0 Å². The summed E-state index contributed by atoms with van der Waals surface area (Å²) < 4.78 is 66.6. The Balaban J connectivity index is 0.926. The normalized spacial score (nSPS) is 47.2. The molecule has 10 rings (SSSR count). The number of amides is 2. The van der Waals surface area contributed by atoms with Crippen molar-refractivity contribution >= 4 is 52.6 Å². The standard InChI is InChI=1S/C77H125IN2O34/c1-34-58(110-67-54(97)49(92)37(85)31-104-67)48(91)35(28-81)66(106-34)112-60-52(95)47(79-45(88)17-15-13-11-9-10-12-14-16-18-46(89)90)39(29-82)107-64(60)80-71(103)77(26-25-72(2,3)4)43(87)27-76(8)36(63(77)78)19-20-42-73(5)23-22-44(74(6,33-84)41(73)21-24-75(42,76)7)109-70-62(114-69-56(99)53(96)51(94)40(30-83)108-69)59(57(100)61(113-70)65(101)102)111-68-55(98)50(93)38(86)32-105-68/h19,33-35,37-44,47-64,66-70,81-83,85-87,91-100H,9-18,20-32H2,1-8H3,(H,79,88)(H,80,103)(H,89,90)(H,101,102)/t34?,35?,37-,38-,39?,40?,41?,42?,43?,44+,47+,48?,49?,50?,51+,52?,53?,54?,55?,56?,57+,58+,59?,60?,61?,62?,63?,64+,66+,67+,68+,69+,70-,73?,74?,75?,76?,77+/m1/s1. The van der Waals surface area contributed by atoms with E-state index in [4.69, 9.17) is 57.2 Å². The highest BCUT2D eigenvalue weighted by atomic mass is 127. The van der Waals surface area contributed by atoms with Gasteiger partial charge in [-0.25, -0.2) is 4.79 Å². The first kappa shape index (κ1) is 93.2. The number of rotatable bonds is 31. The number of hydrogen-bond donors (Lipinski definition) is 20. The van der Waals surface area contributed by atoms with Crippen molar-refractivity contribution in [2.75, 3.05) is 33.0 Å². The maximum Gasteiger partial charge on any atom is 0.335 e. The van der Waals surface area contributed by atoms with Crippen LogP contribution in [0.25, 0.3) is 0 Å². The zero-order valence-electron chi connectivity index (χ0n) is 65.9. The summed E-state index contributed by atoms with van der Waals surface area (Å²) in [7, 11) is 0. The van der Waals surface area contributed by atoms with Crippen LogP contribution in [0.3, 0.4) is 0 Å². The van der Waals surface area contributed by atoms with Gasteiger partial charge in [0.25, 0.3) is 0 Å². The van der Waals surface area contributed by atoms with Crippen LogP contribution in [-0.2, 0) is 76.1 Å². The molecule has 4 aliphatic carbocycles. The molecule has 37 heteroatoms. The van der Waals surface area contributed by atoms with Gasteiger partial charge in [-0.2, -0.15) is 0 Å². The second kappa shape index (κ2) is 38.1. The number of allylic oxidation sites excluding steroid dienone is 2. The number of halogens is 1. The van der Waals surface area contributed by atoms with Gasteiger partial charge in [0.1, 0.15) is 110 Å². The zero-order valence-corrected chi connectivity index (χ0v) is 68.1. The SMILES string of the molecule is CC1O[C@@H](OC2C(O)[C@@H](NC(=O)CCCCCCCCCCC(=O)O)C(CO)O[C@@H]2NC(=O)[C@@]2(CCC(C)(C)C)C(O)CC3(C)C(=CCC4C5(C)CC[C@H](O[C@@H]6OC(C(=O)O)[C@@H](O)C(O[C@@H]7OC[C@@H](O)C(O)C7O)C6O[C@@H]6OC(CO)[C@H](O)C(O)C6O)C(C)(C=O)C5CCC43C)C2I)C(CO)C(O)[C@H]1O[C@@H]1OC[C@@H](O)C(O)C1O. The number of carbonyl (C=O) groups is 5. The topological polar surface area (TPSA) is 575 Å². The summed E-state index contributed by atoms with van der Waals surface area (Å²) in [4.78, 5) is 68.6. The van der Waals surface area contributed by atoms with Gasteiger partial charge in [-0.05, 0) is 105 Å². The van der Waals surface area contributed by atoms with Gasteiger partial charge in [-0.3, -0.25) is 14.4 Å². The second-order valence-corrected chi connectivity index (χ2v) is 36.8. The predicted molar refractivity (Wildman–Crippen MR) is 399 cm³/mol. The number of unbranched alkanes of at least 4 members (excludes halogenated alkanes) is 7. The molecule has 0 aromatic heterocycles. The summed E-state index contributed by atoms with van der Waals surface area (Å²) in [6, 6.07) is -1.42. The van der Waals surface area contributed by atoms with E-state index in [0.29, 0.717) is 51.4 Å². The molecule has 0 aromatic rings. The number of nitrogens with one attached hydrogen (secondary N) is 2. The molecule has 36 nitrogen and oxygen atoms in total. The van der Waals surface area contributed by atoms with Crippen molar-refractivity contribution < 1.29 is 168 Å². The summed E-state index contributed by atoms with van der Waals surface area (Å²) in [5, 5.41) is 204. The number of fused-ring (bicyclic) bond motifs is 5. The summed E-state index contributed by atoms with van der Waals surface area (Å²) in [5.41, 5.74) is -5.07. The van der Waals surface area contributed by atoms with Crippen LogP contribution in [0.15, 0.2) is 11.6 Å². The van der Waals surface area contributed by atoms with Gasteiger partial charge in [0.05, 0.1) is 80.2 Å². The van der Waals surface area contributed by atoms with Crippen molar-refractivity contribution in [3.05, 3.63) is 11.6 Å². The van der Waals surface area contributed by atoms with E-state index in [0.717, 1.165) is 44.0 Å². The smallest absolute Gasteiger partial charge is 0.335 e. The molecule has 0 aromatic carbocycles. The molecule has 6 saturated heterocycles. The largest absolute Gasteiger partial charge is 0.481 e. The lowest BCUT2D eigenvalue weighted by molar-refractivity contribution is -0.391. The monoisotopic (exact) mass is 1750 g/mol. The molecule has 6 heterocycles. The Morgan fingerprint density at radius 1 is 0.579 bits per heavy atom. The van der Waals surface area contributed by atoms with Gasteiger partial charge >= 0.3 is 11.9 Å². The van der Waals surface area contributed by atoms with E-state index >= 15 is 4.79 Å². The molecule has 0 bridgehead atoms. The quantitative estimate of drug-likeness (QED) is 0.00882. The first-order chi connectivity index (χ1) is 53.6. The van der Waals surface area contributed by atoms with E-state index in [1.54, 1.807) is 6.92 Å². The molecule has 6 aliphatic heterocycles. The number of alkyl halides is 1. The van der Waals surface area contributed by atoms with Gasteiger partial charge in [0.2, 0.25) is 11.8 Å². The van der Waals surface area contributed by atoms with Gasteiger partial charge < -0.3 is 159 Å². The fourth-order valence-electron chi connectivity index (χ4n) is 20.1. The van der Waals surface area contributed by atoms with Gasteiger partial charge in [0.15, 0.2) is 43.8 Å². The van der Waals surface area contributed by atoms with Crippen molar-refractivity contribution in [3.8, 4) is 0 Å². The Hall–Kier alpha value is -3.06. The molecule has 24 unspecified atom stereocenters. The van der Waals surface area contributed by atoms with Crippen LogP contribution in [0.1, 0.15) is 171 Å². The third-order valence-electron chi connectivity index (χ3n) is 27.2. The zero-order chi connectivity index (χ0) is 83.8. The Kier molecular flexibility index (Phi) is 31.2. The van der Waals surface area contributed by atoms with Crippen LogP contribution in [0.2, 0.25) is 0 Å². The molecule has 114 heavy (non-hydrogen) atoms. The molecule has 9 fully saturated rings. The number of aliphatic hydroxyl groups excluding tert-OH is 16. The lowest BCUT2D eigenvalue weighted by atomic mass is 9.35. The number of carboxylic acids is 2. The first-order valence-electron chi connectivity index (χ1n) is 40.3. The summed E-state index contributed by atoms with van der Waals surface area (Å²) in [6.45, 7) is 11.9. The Morgan fingerprint density at radius 2 is 1.15 bits per heavy atom. The number of aldehydes is 1. The molecule has 2 amide bonds. The van der Waals surface area contributed by atoms with Gasteiger partial charge in [-0.1, -0.05) is 121 Å². The van der Waals surface area contributed by atoms with Gasteiger partial charge in [0, 0.05) is 16.8 Å². The van der Waals surface area contributed by atoms with E-state index in [-0.39, 0.29) is 38.0 Å². The number of aliphatic hydroxyl groups is 16. The minimum absolute atomic E-state index is 0.00227. The van der Waals surface area contributed by atoms with Gasteiger partial charge in [-0.15, -0.1) is 0 Å². The molecule has 3 saturated carbocycles. The van der Waals surface area contributed by atoms with Crippen molar-refractivity contribution in [2.45, 2.75) is 353 Å². The predicted octanol–water partition coefficient (Wildman–Crippen LogP) is -2.11. The highest BCUT2D eigenvalue weighted by Crippen LogP contribution is 2.75. The molecular weight excluding hydrogens is 1620 g/mol. The number of carbonyl (C=O) groups excluding carboxylic acids is 3. The van der Waals surface area contributed by atoms with Crippen LogP contribution >= 0.6 is 22.6 Å². The lowest BCUT2D eigenvalue weighted by Gasteiger charge is -2.70. The van der Waals surface area contributed by atoms with E-state index in [1.807, 2.05) is 20.8 Å². The number of carboxylic acid groups (broad SMARTS) is 2. The van der Waals surface area contributed by atoms with Crippen LogP contribution in [0.4, 0.5) is 0 Å². The lowest BCUT2D eigenvalue weighted by Crippen LogP contribution is -2.72. The second-order valence-electron chi connectivity index (χ2n) is 35.6. The fourth-order valence-corrected chi connectivity index (χ4v) is 22.1. The molecule has 20 N–H and O–H groups in total. The fraction of sp³-hybridized carbons (Fsp3) is 0.909. The third-order valence-corrected chi connectivity index (χ3v) is 29.0. The molecular formula is C77H125IN2O34. The average molecular weight is 1750 g/mol. The van der Waals surface area contributed by atoms with E-state index in [1.165, 1.54) is 6.92 Å². The molecule has 654 valence electrons. The maximum atomic E-state index is 16.3. The summed E-state index contributed by atoms with van der Waals surface area (Å²) in [6.07, 6.45) is -37.9. The van der Waals surface area contributed by atoms with E-state index < -0.39 is 283 Å². The van der Waals surface area contributed by atoms with Crippen molar-refractivity contribution in [1.29, 1.82) is 0 Å². The maximum absolute atomic E-state index is 16.3. The van der Waals surface area contributed by atoms with Crippen LogP contribution in [-0.4, -0.2) is 337 Å². The summed E-state index contributed by atoms with van der Waals surface area (Å²) >= 11 is 2.24. The average Bonchev–Trinajstić information content (AvgIpc) is 0.673. The Labute approximate surface area is 675 Å². The minimum Gasteiger partial charge on any atom is -0.481 e. The molecule has 0 radical (unpaired) electrons. The molecule has 38 atom stereocenters. The summed E-state index contributed by atoms with van der Waals surface area (Å²) in [5.74, 6) is -6.02. The minimum atomic E-state index is -2.23. The third kappa shape index (κ3) is 18.6. The first-order valence-corrected chi connectivity index (χ1v) is 41.5. The van der Waals surface area contributed by atoms with E-state index in [2.05, 4.69) is 60.1 Å². The highest BCUT2D eigenvalue weighted by molar-refractivity contribution is 14.1. The van der Waals surface area contributed by atoms with Crippen molar-refractivity contribution in [1.82, 2.24) is 10.6 Å². The number of aliphatic carboxylic acids is 2. The Bertz CT molecular complexity index is 3250. The molecule has 0 spiro atoms. The molecule has 10 aliphatic rings. The van der Waals surface area contributed by atoms with E-state index in [9.17, 15) is 106 Å². The highest BCUT2D eigenvalue weighted by Gasteiger charge is 2.72. The number of hydrogen-bond acceptors (Lipinski definition) is 32. The van der Waals surface area contributed by atoms with Crippen molar-refractivity contribution in [2.24, 2.45) is 50.2 Å². The van der Waals surface area contributed by atoms with Crippen LogP contribution < -0.4 is 10.6 Å². The number of ether oxygens (including phenoxy) is 11. The van der Waals surface area contributed by atoms with Crippen LogP contribution in [0.5, 0.6) is 0 Å². The van der Waals surface area contributed by atoms with Crippen LogP contribution in [0, 0.1) is 50.2 Å². The Morgan fingerprint density at radius 3 is 1.72 bits per heavy atom.